The van der Waals surface area contributed by atoms with Crippen LogP contribution in [-0.2, 0) is 28.6 Å². The summed E-state index contributed by atoms with van der Waals surface area (Å²) in [5.41, 5.74) is 0. The quantitative estimate of drug-likeness (QED) is 0.0199. The van der Waals surface area contributed by atoms with Crippen molar-refractivity contribution in [1.82, 2.24) is 0 Å². The van der Waals surface area contributed by atoms with Crippen LogP contribution in [-0.4, -0.2) is 75.5 Å². The number of aliphatic carboxylic acids is 1. The largest absolute Gasteiger partial charge is 0.544 e. The molecule has 0 radical (unpaired) electrons. The molecule has 0 saturated carbocycles. The summed E-state index contributed by atoms with van der Waals surface area (Å²) in [5, 5.41) is 11.6. The maximum absolute atomic E-state index is 12.7. The molecule has 0 rings (SSSR count). The second-order valence-electron chi connectivity index (χ2n) is 16.6. The average Bonchev–Trinajstić information content (AvgIpc) is 3.18. The Morgan fingerprint density at radius 3 is 1.53 bits per heavy atom. The summed E-state index contributed by atoms with van der Waals surface area (Å²) >= 11 is 0. The third-order valence-corrected chi connectivity index (χ3v) is 10.2. The fourth-order valence-electron chi connectivity index (χ4n) is 6.55. The van der Waals surface area contributed by atoms with E-state index in [1.807, 2.05) is 0 Å². The Balaban J connectivity index is 4.31. The molecule has 0 saturated heterocycles. The molecule has 0 amide bonds. The van der Waals surface area contributed by atoms with E-state index in [4.69, 9.17) is 14.2 Å². The minimum atomic E-state index is -1.13. The smallest absolute Gasteiger partial charge is 0.306 e. The highest BCUT2D eigenvalue weighted by atomic mass is 16.6. The number of unbranched alkanes of at least 4 members (excludes halogenated alkanes) is 18. The van der Waals surface area contributed by atoms with E-state index < -0.39 is 18.1 Å². The van der Waals surface area contributed by atoms with Gasteiger partial charge in [0.1, 0.15) is 12.6 Å². The van der Waals surface area contributed by atoms with E-state index >= 15 is 0 Å². The standard InChI is InChI=1S/C50H87NO7/c1-6-8-10-12-14-16-18-20-22-23-24-25-26-27-29-30-32-34-36-38-40-48(52)57-45-46(44-56-43-42-47(50(54)55)51(3,4)5)58-49(53)41-39-37-35-33-31-28-21-19-17-15-13-11-9-7-2/h9,11,15-18,20-22,28,46-47H,6-8,10,12-14,19,23-27,29-45H2,1-5H3/b11-9+,17-15+,18-16+,22-20+,28-21+. The fourth-order valence-corrected chi connectivity index (χ4v) is 6.55. The Morgan fingerprint density at radius 1 is 0.552 bits per heavy atom. The number of nitrogens with zero attached hydrogens (tertiary/aromatic N) is 1. The van der Waals surface area contributed by atoms with Gasteiger partial charge in [0.25, 0.3) is 0 Å². The van der Waals surface area contributed by atoms with Crippen LogP contribution in [0.5, 0.6) is 0 Å². The molecule has 0 aromatic rings. The highest BCUT2D eigenvalue weighted by molar-refractivity contribution is 5.70. The molecule has 0 spiro atoms. The molecule has 0 bridgehead atoms. The molecule has 58 heavy (non-hydrogen) atoms. The number of esters is 2. The van der Waals surface area contributed by atoms with Crippen molar-refractivity contribution in [1.29, 1.82) is 0 Å². The van der Waals surface area contributed by atoms with Gasteiger partial charge in [-0.05, 0) is 70.6 Å². The molecule has 0 aliphatic rings. The SMILES string of the molecule is CC/C=C/C/C=C/C/C=C/CCCCCCC(=O)OC(COCCC(C(=O)[O-])[N+](C)(C)C)COC(=O)CCCCCCCCCCCC/C=C/C=C/CCCCCC. The molecule has 0 aromatic heterocycles. The maximum atomic E-state index is 12.7. The summed E-state index contributed by atoms with van der Waals surface area (Å²) in [5.74, 6) is -1.77. The van der Waals surface area contributed by atoms with E-state index in [2.05, 4.69) is 74.6 Å². The van der Waals surface area contributed by atoms with Crippen LogP contribution >= 0.6 is 0 Å². The van der Waals surface area contributed by atoms with Gasteiger partial charge in [-0.2, -0.15) is 0 Å². The van der Waals surface area contributed by atoms with Crippen LogP contribution in [0.4, 0.5) is 0 Å². The number of rotatable bonds is 41. The van der Waals surface area contributed by atoms with Gasteiger partial charge in [0, 0.05) is 19.3 Å². The number of quaternary nitrogens is 1. The lowest BCUT2D eigenvalue weighted by atomic mass is 10.1. The minimum Gasteiger partial charge on any atom is -0.544 e. The second kappa shape index (κ2) is 40.8. The molecule has 8 nitrogen and oxygen atoms in total. The van der Waals surface area contributed by atoms with Crippen molar-refractivity contribution in [2.24, 2.45) is 0 Å². The normalized spacial score (nSPS) is 13.5. The Morgan fingerprint density at radius 2 is 1.02 bits per heavy atom. The highest BCUT2D eigenvalue weighted by Crippen LogP contribution is 2.14. The number of ether oxygens (including phenoxy) is 3. The molecule has 0 aliphatic heterocycles. The van der Waals surface area contributed by atoms with Crippen LogP contribution in [0.3, 0.4) is 0 Å². The molecule has 0 fully saturated rings. The van der Waals surface area contributed by atoms with E-state index in [0.29, 0.717) is 12.8 Å². The van der Waals surface area contributed by atoms with Crippen molar-refractivity contribution in [2.45, 2.75) is 199 Å². The van der Waals surface area contributed by atoms with Gasteiger partial charge < -0.3 is 28.6 Å². The second-order valence-corrected chi connectivity index (χ2v) is 16.6. The number of carbonyl (C=O) groups is 3. The first kappa shape index (κ1) is 55.0. The van der Waals surface area contributed by atoms with Crippen molar-refractivity contribution in [3.05, 3.63) is 60.8 Å². The van der Waals surface area contributed by atoms with Gasteiger partial charge in [-0.1, -0.05) is 158 Å². The first-order chi connectivity index (χ1) is 28.1. The predicted molar refractivity (Wildman–Crippen MR) is 240 cm³/mol. The zero-order chi connectivity index (χ0) is 42.8. The van der Waals surface area contributed by atoms with Crippen LogP contribution in [0.2, 0.25) is 0 Å². The van der Waals surface area contributed by atoms with Crippen LogP contribution in [0, 0.1) is 0 Å². The van der Waals surface area contributed by atoms with Gasteiger partial charge in [0.2, 0.25) is 0 Å². The highest BCUT2D eigenvalue weighted by Gasteiger charge is 2.25. The lowest BCUT2D eigenvalue weighted by Crippen LogP contribution is -2.55. The molecule has 0 heterocycles. The summed E-state index contributed by atoms with van der Waals surface area (Å²) in [6.07, 6.45) is 49.6. The molecular formula is C50H87NO7. The number of carboxylic acid groups (broad SMARTS) is 1. The molecule has 2 atom stereocenters. The van der Waals surface area contributed by atoms with Crippen LogP contribution in [0.1, 0.15) is 187 Å². The zero-order valence-electron chi connectivity index (χ0n) is 37.9. The number of hydrogen-bond donors (Lipinski definition) is 0. The number of carbonyl (C=O) groups excluding carboxylic acids is 3. The molecule has 8 heteroatoms. The van der Waals surface area contributed by atoms with Gasteiger partial charge in [-0.3, -0.25) is 9.59 Å². The molecule has 334 valence electrons. The summed E-state index contributed by atoms with van der Waals surface area (Å²) in [4.78, 5) is 36.9. The van der Waals surface area contributed by atoms with Crippen molar-refractivity contribution in [2.75, 3.05) is 41.0 Å². The fraction of sp³-hybridized carbons (Fsp3) is 0.740. The number of allylic oxidation sites excluding steroid dienone is 10. The minimum absolute atomic E-state index is 0.0286. The predicted octanol–water partition coefficient (Wildman–Crippen LogP) is 11.6. The molecule has 2 unspecified atom stereocenters. The molecule has 0 aliphatic carbocycles. The van der Waals surface area contributed by atoms with Crippen molar-refractivity contribution < 1.29 is 38.2 Å². The number of hydrogen-bond acceptors (Lipinski definition) is 7. The van der Waals surface area contributed by atoms with Crippen LogP contribution in [0.25, 0.3) is 0 Å². The first-order valence-electron chi connectivity index (χ1n) is 23.3. The number of carboxylic acids is 1. The van der Waals surface area contributed by atoms with E-state index in [1.54, 1.807) is 21.1 Å². The molecular weight excluding hydrogens is 727 g/mol. The van der Waals surface area contributed by atoms with E-state index in [9.17, 15) is 19.5 Å². The summed E-state index contributed by atoms with van der Waals surface area (Å²) < 4.78 is 17.2. The lowest BCUT2D eigenvalue weighted by Gasteiger charge is -2.34. The lowest BCUT2D eigenvalue weighted by molar-refractivity contribution is -0.889. The van der Waals surface area contributed by atoms with Gasteiger partial charge >= 0.3 is 11.9 Å². The summed E-state index contributed by atoms with van der Waals surface area (Å²) in [7, 11) is 5.39. The third kappa shape index (κ3) is 38.5. The van der Waals surface area contributed by atoms with Gasteiger partial charge in [0.05, 0.1) is 40.3 Å². The molecule has 0 N–H and O–H groups in total. The van der Waals surface area contributed by atoms with Gasteiger partial charge in [-0.25, -0.2) is 0 Å². The Kier molecular flexibility index (Phi) is 38.7. The Labute approximate surface area is 356 Å². The third-order valence-electron chi connectivity index (χ3n) is 10.2. The van der Waals surface area contributed by atoms with E-state index in [-0.39, 0.29) is 42.7 Å². The van der Waals surface area contributed by atoms with E-state index in [0.717, 1.165) is 70.6 Å². The summed E-state index contributed by atoms with van der Waals surface area (Å²) in [6, 6.07) is -0.732. The molecule has 0 aromatic carbocycles. The monoisotopic (exact) mass is 814 g/mol. The van der Waals surface area contributed by atoms with Crippen LogP contribution < -0.4 is 5.11 Å². The van der Waals surface area contributed by atoms with Crippen LogP contribution in [0.15, 0.2) is 60.8 Å². The number of likely N-dealkylation sites (N-methyl/N-ethyl adjacent to an activating group) is 1. The van der Waals surface area contributed by atoms with E-state index in [1.165, 1.54) is 83.5 Å². The van der Waals surface area contributed by atoms with Gasteiger partial charge in [0.15, 0.2) is 6.10 Å². The van der Waals surface area contributed by atoms with Crippen molar-refractivity contribution in [3.8, 4) is 0 Å². The van der Waals surface area contributed by atoms with Gasteiger partial charge in [-0.15, -0.1) is 0 Å². The van der Waals surface area contributed by atoms with Crippen molar-refractivity contribution >= 4 is 17.9 Å². The Hall–Kier alpha value is -2.97. The van der Waals surface area contributed by atoms with Crippen molar-refractivity contribution in [3.63, 3.8) is 0 Å². The Bertz CT molecular complexity index is 1130. The zero-order valence-corrected chi connectivity index (χ0v) is 37.9. The average molecular weight is 814 g/mol. The summed E-state index contributed by atoms with van der Waals surface area (Å²) in [6.45, 7) is 4.50. The topological polar surface area (TPSA) is 102 Å². The first-order valence-corrected chi connectivity index (χ1v) is 23.3. The maximum Gasteiger partial charge on any atom is 0.306 e.